The first-order valence-electron chi connectivity index (χ1n) is 10.5. The van der Waals surface area contributed by atoms with Crippen LogP contribution in [0, 0.1) is 28.7 Å². The molecular weight excluding hydrogens is 533 g/mol. The second-order valence-electron chi connectivity index (χ2n) is 7.70. The van der Waals surface area contributed by atoms with E-state index in [2.05, 4.69) is 10.2 Å². The number of aryl methyl sites for hydroxylation is 1. The quantitative estimate of drug-likeness (QED) is 0.129. The molecule has 1 aromatic heterocycles. The lowest BCUT2D eigenvalue weighted by Crippen LogP contribution is -2.11. The Morgan fingerprint density at radius 2 is 1.75 bits per heavy atom. The van der Waals surface area contributed by atoms with E-state index < -0.39 is 28.4 Å². The van der Waals surface area contributed by atoms with Crippen molar-refractivity contribution >= 4 is 35.0 Å². The standard InChI is InChI=1S/C24H18Cl2F2N4O3S/c1-14-29-30-24(32(14)19-7-5-17(27)6-8-19)36-22(12-31(33)34)16-10-20(25)23(21(26)11-16)35-13-15-3-2-4-18(28)9-15/h2-11,22H,12-13H2,1H3/t22-/m1/s1. The van der Waals surface area contributed by atoms with E-state index in [-0.39, 0.29) is 22.4 Å². The van der Waals surface area contributed by atoms with Gasteiger partial charge in [-0.05, 0) is 66.6 Å². The summed E-state index contributed by atoms with van der Waals surface area (Å²) in [4.78, 5) is 11.0. The summed E-state index contributed by atoms with van der Waals surface area (Å²) in [7, 11) is 0. The van der Waals surface area contributed by atoms with Crippen LogP contribution in [0.5, 0.6) is 5.75 Å². The fourth-order valence-corrected chi connectivity index (χ4v) is 5.23. The molecule has 0 saturated carbocycles. The van der Waals surface area contributed by atoms with E-state index in [1.807, 2.05) is 0 Å². The molecule has 0 aliphatic carbocycles. The summed E-state index contributed by atoms with van der Waals surface area (Å²) >= 11 is 14.0. The van der Waals surface area contributed by atoms with Gasteiger partial charge in [-0.3, -0.25) is 14.7 Å². The van der Waals surface area contributed by atoms with Gasteiger partial charge in [0.05, 0.1) is 10.0 Å². The molecule has 186 valence electrons. The monoisotopic (exact) mass is 550 g/mol. The van der Waals surface area contributed by atoms with Crippen molar-refractivity contribution in [3.8, 4) is 11.4 Å². The third kappa shape index (κ3) is 6.13. The van der Waals surface area contributed by atoms with E-state index in [1.165, 1.54) is 24.3 Å². The second kappa shape index (κ2) is 11.2. The highest BCUT2D eigenvalue weighted by Crippen LogP contribution is 2.42. The molecule has 0 N–H and O–H groups in total. The van der Waals surface area contributed by atoms with Crippen LogP contribution in [-0.4, -0.2) is 26.2 Å². The van der Waals surface area contributed by atoms with Gasteiger partial charge in [0.15, 0.2) is 10.9 Å². The summed E-state index contributed by atoms with van der Waals surface area (Å²) in [5.74, 6) is -0.0800. The highest BCUT2D eigenvalue weighted by Gasteiger charge is 2.26. The van der Waals surface area contributed by atoms with Gasteiger partial charge in [0.2, 0.25) is 6.54 Å². The smallest absolute Gasteiger partial charge is 0.220 e. The lowest BCUT2D eigenvalue weighted by Gasteiger charge is -2.17. The molecule has 1 atom stereocenters. The molecule has 1 heterocycles. The first-order chi connectivity index (χ1) is 17.2. The fraction of sp³-hybridized carbons (Fsp3) is 0.167. The van der Waals surface area contributed by atoms with Crippen molar-refractivity contribution < 1.29 is 18.4 Å². The van der Waals surface area contributed by atoms with Crippen LogP contribution in [0.3, 0.4) is 0 Å². The minimum absolute atomic E-state index is 0.0314. The molecule has 0 amide bonds. The average molecular weight is 551 g/mol. The molecule has 3 aromatic carbocycles. The van der Waals surface area contributed by atoms with E-state index >= 15 is 0 Å². The number of hydrogen-bond donors (Lipinski definition) is 0. The maximum atomic E-state index is 13.4. The van der Waals surface area contributed by atoms with Crippen molar-refractivity contribution in [2.45, 2.75) is 23.9 Å². The van der Waals surface area contributed by atoms with Gasteiger partial charge in [0, 0.05) is 10.6 Å². The largest absolute Gasteiger partial charge is 0.486 e. The molecule has 0 unspecified atom stereocenters. The summed E-state index contributed by atoms with van der Waals surface area (Å²) < 4.78 is 34.2. The van der Waals surface area contributed by atoms with E-state index in [0.29, 0.717) is 27.8 Å². The van der Waals surface area contributed by atoms with E-state index in [0.717, 1.165) is 11.8 Å². The first kappa shape index (κ1) is 25.9. The number of hydrogen-bond acceptors (Lipinski definition) is 6. The van der Waals surface area contributed by atoms with Crippen LogP contribution in [0.25, 0.3) is 5.69 Å². The minimum Gasteiger partial charge on any atom is -0.486 e. The molecule has 0 aliphatic rings. The third-order valence-corrected chi connectivity index (χ3v) is 6.85. The maximum Gasteiger partial charge on any atom is 0.220 e. The Hall–Kier alpha value is -3.21. The number of ether oxygens (including phenoxy) is 1. The Morgan fingerprint density at radius 1 is 1.06 bits per heavy atom. The van der Waals surface area contributed by atoms with Gasteiger partial charge in [-0.2, -0.15) is 0 Å². The average Bonchev–Trinajstić information content (AvgIpc) is 3.18. The Morgan fingerprint density at radius 3 is 2.39 bits per heavy atom. The van der Waals surface area contributed by atoms with Crippen LogP contribution in [0.15, 0.2) is 65.8 Å². The SMILES string of the molecule is Cc1nnc(S[C@H](C[N+](=O)[O-])c2cc(Cl)c(OCc3cccc(F)c3)c(Cl)c2)n1-c1ccc(F)cc1. The summed E-state index contributed by atoms with van der Waals surface area (Å²) in [6.45, 7) is 1.31. The van der Waals surface area contributed by atoms with Crippen LogP contribution in [0.4, 0.5) is 8.78 Å². The molecule has 0 fully saturated rings. The van der Waals surface area contributed by atoms with Gasteiger partial charge in [-0.25, -0.2) is 8.78 Å². The zero-order chi connectivity index (χ0) is 25.8. The molecule has 12 heteroatoms. The van der Waals surface area contributed by atoms with E-state index in [9.17, 15) is 18.9 Å². The van der Waals surface area contributed by atoms with Gasteiger partial charge in [0.25, 0.3) is 0 Å². The lowest BCUT2D eigenvalue weighted by atomic mass is 10.1. The van der Waals surface area contributed by atoms with Crippen molar-refractivity contribution in [2.75, 3.05) is 6.54 Å². The highest BCUT2D eigenvalue weighted by atomic mass is 35.5. The van der Waals surface area contributed by atoms with E-state index in [4.69, 9.17) is 27.9 Å². The number of nitro groups is 1. The van der Waals surface area contributed by atoms with Crippen LogP contribution in [-0.2, 0) is 6.61 Å². The Labute approximate surface area is 219 Å². The molecule has 36 heavy (non-hydrogen) atoms. The zero-order valence-electron chi connectivity index (χ0n) is 18.7. The first-order valence-corrected chi connectivity index (χ1v) is 12.2. The molecular formula is C24H18Cl2F2N4O3S. The molecule has 0 bridgehead atoms. The number of halogens is 4. The van der Waals surface area contributed by atoms with Crippen LogP contribution >= 0.6 is 35.0 Å². The topological polar surface area (TPSA) is 83.1 Å². The highest BCUT2D eigenvalue weighted by molar-refractivity contribution is 7.99. The number of benzene rings is 3. The van der Waals surface area contributed by atoms with Crippen molar-refractivity contribution in [2.24, 2.45) is 0 Å². The van der Waals surface area contributed by atoms with Crippen molar-refractivity contribution in [1.29, 1.82) is 0 Å². The van der Waals surface area contributed by atoms with Crippen molar-refractivity contribution in [1.82, 2.24) is 14.8 Å². The zero-order valence-corrected chi connectivity index (χ0v) is 21.0. The van der Waals surface area contributed by atoms with Crippen LogP contribution in [0.1, 0.15) is 22.2 Å². The van der Waals surface area contributed by atoms with Crippen molar-refractivity contribution in [3.63, 3.8) is 0 Å². The van der Waals surface area contributed by atoms with Crippen LogP contribution < -0.4 is 4.74 Å². The molecule has 0 spiro atoms. The molecule has 0 radical (unpaired) electrons. The third-order valence-electron chi connectivity index (χ3n) is 5.11. The van der Waals surface area contributed by atoms with Gasteiger partial charge >= 0.3 is 0 Å². The van der Waals surface area contributed by atoms with E-state index in [1.54, 1.807) is 47.9 Å². The summed E-state index contributed by atoms with van der Waals surface area (Å²) in [5, 5.41) is 19.7. The number of nitrogens with zero attached hydrogens (tertiary/aromatic N) is 4. The Balaban J connectivity index is 1.62. The summed E-state index contributed by atoms with van der Waals surface area (Å²) in [6.07, 6.45) is 0. The van der Waals surface area contributed by atoms with Gasteiger partial charge < -0.3 is 4.74 Å². The normalized spacial score (nSPS) is 11.9. The predicted octanol–water partition coefficient (Wildman–Crippen LogP) is 6.85. The lowest BCUT2D eigenvalue weighted by molar-refractivity contribution is -0.479. The number of rotatable bonds is 9. The molecule has 4 rings (SSSR count). The van der Waals surface area contributed by atoms with Crippen molar-refractivity contribution in [3.05, 3.63) is 109 Å². The Bertz CT molecular complexity index is 1380. The van der Waals surface area contributed by atoms with Gasteiger partial charge in [-0.1, -0.05) is 47.1 Å². The summed E-state index contributed by atoms with van der Waals surface area (Å²) in [5.41, 5.74) is 1.68. The van der Waals surface area contributed by atoms with Crippen LogP contribution in [0.2, 0.25) is 10.0 Å². The molecule has 0 saturated heterocycles. The fourth-order valence-electron chi connectivity index (χ4n) is 3.47. The summed E-state index contributed by atoms with van der Waals surface area (Å²) in [6, 6.07) is 14.7. The Kier molecular flexibility index (Phi) is 8.07. The second-order valence-corrected chi connectivity index (χ2v) is 9.68. The predicted molar refractivity (Wildman–Crippen MR) is 134 cm³/mol. The van der Waals surface area contributed by atoms with Gasteiger partial charge in [-0.15, -0.1) is 10.2 Å². The van der Waals surface area contributed by atoms with Gasteiger partial charge in [0.1, 0.15) is 29.3 Å². The number of thioether (sulfide) groups is 1. The number of aromatic nitrogens is 3. The maximum absolute atomic E-state index is 13.4. The molecule has 4 aromatic rings. The molecule has 7 nitrogen and oxygen atoms in total. The minimum atomic E-state index is -0.727. The molecule has 0 aliphatic heterocycles.